The van der Waals surface area contributed by atoms with Crippen LogP contribution in [0.4, 0.5) is 0 Å². The molecule has 104 valence electrons. The predicted octanol–water partition coefficient (Wildman–Crippen LogP) is 3.15. The molecular formula is C15H21BrN2O. The SMILES string of the molecule is CC(NC(=O)CC1(CN)CCC1)c1ccccc1Br. The number of nitrogens with one attached hydrogen (secondary N) is 1. The number of benzene rings is 1. The lowest BCUT2D eigenvalue weighted by Gasteiger charge is -2.40. The van der Waals surface area contributed by atoms with Gasteiger partial charge in [0.2, 0.25) is 5.91 Å². The maximum absolute atomic E-state index is 12.1. The Labute approximate surface area is 123 Å². The summed E-state index contributed by atoms with van der Waals surface area (Å²) in [6.07, 6.45) is 3.92. The second-order valence-electron chi connectivity index (χ2n) is 5.55. The molecular weight excluding hydrogens is 304 g/mol. The summed E-state index contributed by atoms with van der Waals surface area (Å²) >= 11 is 3.52. The van der Waals surface area contributed by atoms with Gasteiger partial charge < -0.3 is 11.1 Å². The highest BCUT2D eigenvalue weighted by atomic mass is 79.9. The first-order valence-corrected chi connectivity index (χ1v) is 7.59. The zero-order valence-electron chi connectivity index (χ0n) is 11.3. The number of carbonyl (C=O) groups is 1. The third kappa shape index (κ3) is 3.37. The number of hydrogen-bond acceptors (Lipinski definition) is 2. The van der Waals surface area contributed by atoms with Gasteiger partial charge in [-0.1, -0.05) is 40.5 Å². The van der Waals surface area contributed by atoms with E-state index in [0.717, 1.165) is 22.9 Å². The Morgan fingerprint density at radius 3 is 2.68 bits per heavy atom. The maximum atomic E-state index is 12.1. The Kier molecular flexibility index (Phi) is 4.63. The lowest BCUT2D eigenvalue weighted by Crippen LogP contribution is -2.42. The minimum Gasteiger partial charge on any atom is -0.350 e. The Morgan fingerprint density at radius 1 is 1.47 bits per heavy atom. The van der Waals surface area contributed by atoms with Gasteiger partial charge in [-0.15, -0.1) is 0 Å². The molecule has 1 fully saturated rings. The van der Waals surface area contributed by atoms with Crippen LogP contribution in [-0.4, -0.2) is 12.5 Å². The molecule has 1 atom stereocenters. The maximum Gasteiger partial charge on any atom is 0.221 e. The number of hydrogen-bond donors (Lipinski definition) is 2. The van der Waals surface area contributed by atoms with Gasteiger partial charge in [0.25, 0.3) is 0 Å². The van der Waals surface area contributed by atoms with Crippen LogP contribution in [0.3, 0.4) is 0 Å². The number of carbonyl (C=O) groups excluding carboxylic acids is 1. The number of halogens is 1. The summed E-state index contributed by atoms with van der Waals surface area (Å²) in [6.45, 7) is 2.62. The fourth-order valence-corrected chi connectivity index (χ4v) is 3.30. The lowest BCUT2D eigenvalue weighted by molar-refractivity contribution is -0.125. The molecule has 1 aromatic rings. The van der Waals surface area contributed by atoms with Gasteiger partial charge in [0.1, 0.15) is 0 Å². The molecule has 2 rings (SSSR count). The molecule has 3 N–H and O–H groups in total. The van der Waals surface area contributed by atoms with Crippen LogP contribution in [0, 0.1) is 5.41 Å². The molecule has 1 aliphatic rings. The monoisotopic (exact) mass is 324 g/mol. The van der Waals surface area contributed by atoms with Crippen molar-refractivity contribution in [3.05, 3.63) is 34.3 Å². The van der Waals surface area contributed by atoms with Crippen LogP contribution in [0.5, 0.6) is 0 Å². The van der Waals surface area contributed by atoms with Gasteiger partial charge in [0.15, 0.2) is 0 Å². The van der Waals surface area contributed by atoms with Crippen molar-refractivity contribution in [3.8, 4) is 0 Å². The zero-order chi connectivity index (χ0) is 13.9. The van der Waals surface area contributed by atoms with Crippen molar-refractivity contribution in [2.24, 2.45) is 11.1 Å². The van der Waals surface area contributed by atoms with Gasteiger partial charge in [-0.25, -0.2) is 0 Å². The first-order chi connectivity index (χ1) is 9.06. The molecule has 19 heavy (non-hydrogen) atoms. The van der Waals surface area contributed by atoms with E-state index in [4.69, 9.17) is 5.73 Å². The van der Waals surface area contributed by atoms with Gasteiger partial charge in [0.05, 0.1) is 6.04 Å². The Bertz CT molecular complexity index is 452. The third-order valence-corrected chi connectivity index (χ3v) is 4.85. The van der Waals surface area contributed by atoms with Crippen LogP contribution in [0.1, 0.15) is 44.2 Å². The largest absolute Gasteiger partial charge is 0.350 e. The molecule has 3 nitrogen and oxygen atoms in total. The highest BCUT2D eigenvalue weighted by Crippen LogP contribution is 2.42. The minimum atomic E-state index is 0.0120. The highest BCUT2D eigenvalue weighted by molar-refractivity contribution is 9.10. The van der Waals surface area contributed by atoms with Crippen LogP contribution in [0.2, 0.25) is 0 Å². The molecule has 0 saturated heterocycles. The van der Waals surface area contributed by atoms with Gasteiger partial charge in [-0.2, -0.15) is 0 Å². The Balaban J connectivity index is 1.94. The minimum absolute atomic E-state index is 0.0120. The molecule has 0 bridgehead atoms. The molecule has 0 spiro atoms. The summed E-state index contributed by atoms with van der Waals surface area (Å²) < 4.78 is 1.03. The van der Waals surface area contributed by atoms with Crippen molar-refractivity contribution in [1.29, 1.82) is 0 Å². The van der Waals surface area contributed by atoms with E-state index in [1.807, 2.05) is 31.2 Å². The number of rotatable bonds is 5. The molecule has 1 unspecified atom stereocenters. The third-order valence-electron chi connectivity index (χ3n) is 4.13. The van der Waals surface area contributed by atoms with Crippen LogP contribution in [0.15, 0.2) is 28.7 Å². The van der Waals surface area contributed by atoms with Crippen LogP contribution < -0.4 is 11.1 Å². The first-order valence-electron chi connectivity index (χ1n) is 6.80. The fraction of sp³-hybridized carbons (Fsp3) is 0.533. The zero-order valence-corrected chi connectivity index (χ0v) is 12.9. The molecule has 0 heterocycles. The summed E-state index contributed by atoms with van der Waals surface area (Å²) in [5.41, 5.74) is 6.97. The van der Waals surface area contributed by atoms with Crippen molar-refractivity contribution in [2.75, 3.05) is 6.54 Å². The first kappa shape index (κ1) is 14.5. The smallest absolute Gasteiger partial charge is 0.221 e. The highest BCUT2D eigenvalue weighted by Gasteiger charge is 2.37. The van der Waals surface area contributed by atoms with Crippen molar-refractivity contribution in [1.82, 2.24) is 5.32 Å². The Morgan fingerprint density at radius 2 is 2.16 bits per heavy atom. The molecule has 1 aromatic carbocycles. The Hall–Kier alpha value is -0.870. The average Bonchev–Trinajstić information content (AvgIpc) is 2.34. The summed E-state index contributed by atoms with van der Waals surface area (Å²) in [7, 11) is 0. The lowest BCUT2D eigenvalue weighted by atomic mass is 9.66. The van der Waals surface area contributed by atoms with E-state index in [0.29, 0.717) is 13.0 Å². The summed E-state index contributed by atoms with van der Waals surface area (Å²) in [5.74, 6) is 0.105. The standard InChI is InChI=1S/C15H21BrN2O/c1-11(12-5-2-3-6-13(12)16)18-14(19)9-15(10-17)7-4-8-15/h2-3,5-6,11H,4,7-10,17H2,1H3,(H,18,19). The fourth-order valence-electron chi connectivity index (χ4n) is 2.67. The quantitative estimate of drug-likeness (QED) is 0.874. The van der Waals surface area contributed by atoms with E-state index in [1.54, 1.807) is 0 Å². The summed E-state index contributed by atoms with van der Waals surface area (Å²) in [5, 5.41) is 3.07. The van der Waals surface area contributed by atoms with E-state index in [-0.39, 0.29) is 17.4 Å². The van der Waals surface area contributed by atoms with E-state index in [2.05, 4.69) is 21.2 Å². The molecule has 1 saturated carbocycles. The van der Waals surface area contributed by atoms with E-state index in [9.17, 15) is 4.79 Å². The second-order valence-corrected chi connectivity index (χ2v) is 6.40. The topological polar surface area (TPSA) is 55.1 Å². The van der Waals surface area contributed by atoms with E-state index in [1.165, 1.54) is 6.42 Å². The van der Waals surface area contributed by atoms with Crippen LogP contribution in [0.25, 0.3) is 0 Å². The second kappa shape index (κ2) is 6.06. The predicted molar refractivity (Wildman–Crippen MR) is 80.7 cm³/mol. The summed E-state index contributed by atoms with van der Waals surface area (Å²) in [4.78, 5) is 12.1. The molecule has 0 aromatic heterocycles. The molecule has 0 aliphatic heterocycles. The van der Waals surface area contributed by atoms with Crippen molar-refractivity contribution in [3.63, 3.8) is 0 Å². The number of nitrogens with two attached hydrogens (primary N) is 1. The summed E-state index contributed by atoms with van der Waals surface area (Å²) in [6, 6.07) is 7.98. The van der Waals surface area contributed by atoms with Crippen molar-refractivity contribution >= 4 is 21.8 Å². The van der Waals surface area contributed by atoms with Gasteiger partial charge in [-0.05, 0) is 43.4 Å². The molecule has 1 aliphatic carbocycles. The number of amides is 1. The van der Waals surface area contributed by atoms with E-state index < -0.39 is 0 Å². The van der Waals surface area contributed by atoms with Crippen molar-refractivity contribution in [2.45, 2.75) is 38.6 Å². The van der Waals surface area contributed by atoms with E-state index >= 15 is 0 Å². The van der Waals surface area contributed by atoms with Crippen LogP contribution in [-0.2, 0) is 4.79 Å². The van der Waals surface area contributed by atoms with Crippen molar-refractivity contribution < 1.29 is 4.79 Å². The van der Waals surface area contributed by atoms with Gasteiger partial charge >= 0.3 is 0 Å². The molecule has 1 amide bonds. The molecule has 0 radical (unpaired) electrons. The van der Waals surface area contributed by atoms with Crippen LogP contribution >= 0.6 is 15.9 Å². The van der Waals surface area contributed by atoms with Gasteiger partial charge in [-0.3, -0.25) is 4.79 Å². The normalized spacial score (nSPS) is 18.5. The van der Waals surface area contributed by atoms with Gasteiger partial charge in [0, 0.05) is 10.9 Å². The molecule has 4 heteroatoms. The average molecular weight is 325 g/mol.